The molecule has 1 fully saturated rings. The molecule has 5 nitrogen and oxygen atoms in total. The van der Waals surface area contributed by atoms with Crippen molar-refractivity contribution in [1.82, 2.24) is 15.0 Å². The summed E-state index contributed by atoms with van der Waals surface area (Å²) in [4.78, 5) is 6.09. The van der Waals surface area contributed by atoms with Gasteiger partial charge in [0.15, 0.2) is 6.33 Å². The Morgan fingerprint density at radius 3 is 3.21 bits per heavy atom. The average Bonchev–Trinajstić information content (AvgIpc) is 2.64. The van der Waals surface area contributed by atoms with Crippen molar-refractivity contribution in [2.24, 2.45) is 5.92 Å². The van der Waals surface area contributed by atoms with Crippen LogP contribution in [-0.2, 0) is 6.54 Å². The van der Waals surface area contributed by atoms with Gasteiger partial charge in [-0.25, -0.2) is 0 Å². The predicted octanol–water partition coefficient (Wildman–Crippen LogP) is 0.272. The predicted molar refractivity (Wildman–Crippen MR) is 49.4 cm³/mol. The standard InChI is InChI=1S/C9H15N3O2/c1-7-2-3-12(4-8(7)13)5-9-10-6-11-14-9/h6-8,13H,2-5H2,1H3. The van der Waals surface area contributed by atoms with Crippen LogP contribution in [0.3, 0.4) is 0 Å². The number of aliphatic hydroxyl groups excluding tert-OH is 1. The average molecular weight is 197 g/mol. The van der Waals surface area contributed by atoms with Crippen molar-refractivity contribution in [3.05, 3.63) is 12.2 Å². The minimum Gasteiger partial charge on any atom is -0.392 e. The smallest absolute Gasteiger partial charge is 0.240 e. The first-order valence-electron chi connectivity index (χ1n) is 4.91. The molecule has 2 heterocycles. The van der Waals surface area contributed by atoms with Crippen molar-refractivity contribution < 1.29 is 9.63 Å². The van der Waals surface area contributed by atoms with E-state index in [-0.39, 0.29) is 6.10 Å². The summed E-state index contributed by atoms with van der Waals surface area (Å²) in [6.45, 7) is 4.41. The summed E-state index contributed by atoms with van der Waals surface area (Å²) in [5, 5.41) is 13.2. The fourth-order valence-corrected chi connectivity index (χ4v) is 1.71. The van der Waals surface area contributed by atoms with Gasteiger partial charge in [-0.3, -0.25) is 4.90 Å². The van der Waals surface area contributed by atoms with E-state index in [1.165, 1.54) is 6.33 Å². The van der Waals surface area contributed by atoms with Crippen LogP contribution in [0.5, 0.6) is 0 Å². The number of rotatable bonds is 2. The maximum absolute atomic E-state index is 9.67. The minimum atomic E-state index is -0.230. The van der Waals surface area contributed by atoms with Crippen LogP contribution in [0.25, 0.3) is 0 Å². The van der Waals surface area contributed by atoms with Crippen LogP contribution in [0.2, 0.25) is 0 Å². The van der Waals surface area contributed by atoms with E-state index in [4.69, 9.17) is 4.52 Å². The van der Waals surface area contributed by atoms with Crippen molar-refractivity contribution in [3.8, 4) is 0 Å². The Hall–Kier alpha value is -0.940. The van der Waals surface area contributed by atoms with Crippen molar-refractivity contribution in [2.75, 3.05) is 13.1 Å². The van der Waals surface area contributed by atoms with E-state index >= 15 is 0 Å². The van der Waals surface area contributed by atoms with Gasteiger partial charge < -0.3 is 9.63 Å². The molecule has 2 atom stereocenters. The van der Waals surface area contributed by atoms with Gasteiger partial charge in [-0.15, -0.1) is 0 Å². The SMILES string of the molecule is CC1CCN(Cc2ncno2)CC1O. The summed E-state index contributed by atoms with van der Waals surface area (Å²) in [5.41, 5.74) is 0. The summed E-state index contributed by atoms with van der Waals surface area (Å²) < 4.78 is 4.91. The lowest BCUT2D eigenvalue weighted by atomic mass is 9.96. The third-order valence-corrected chi connectivity index (χ3v) is 2.77. The van der Waals surface area contributed by atoms with Gasteiger partial charge in [0, 0.05) is 6.54 Å². The molecule has 1 saturated heterocycles. The molecule has 0 saturated carbocycles. The lowest BCUT2D eigenvalue weighted by molar-refractivity contribution is 0.0220. The van der Waals surface area contributed by atoms with Gasteiger partial charge >= 0.3 is 0 Å². The third kappa shape index (κ3) is 2.10. The minimum absolute atomic E-state index is 0.230. The number of nitrogens with zero attached hydrogens (tertiary/aromatic N) is 3. The van der Waals surface area contributed by atoms with Crippen LogP contribution < -0.4 is 0 Å². The Labute approximate surface area is 82.7 Å². The maximum Gasteiger partial charge on any atom is 0.240 e. The summed E-state index contributed by atoms with van der Waals surface area (Å²) in [6.07, 6.45) is 2.19. The molecule has 2 unspecified atom stereocenters. The zero-order chi connectivity index (χ0) is 9.97. The quantitative estimate of drug-likeness (QED) is 0.737. The van der Waals surface area contributed by atoms with Crippen LogP contribution in [0.4, 0.5) is 0 Å². The van der Waals surface area contributed by atoms with Gasteiger partial charge in [0.1, 0.15) is 0 Å². The first-order valence-corrected chi connectivity index (χ1v) is 4.91. The molecule has 1 aromatic rings. The summed E-state index contributed by atoms with van der Waals surface area (Å²) in [6, 6.07) is 0. The van der Waals surface area contributed by atoms with E-state index in [1.807, 2.05) is 0 Å². The molecule has 0 radical (unpaired) electrons. The molecular formula is C9H15N3O2. The number of piperidine rings is 1. The van der Waals surface area contributed by atoms with Gasteiger partial charge in [0.2, 0.25) is 5.89 Å². The van der Waals surface area contributed by atoms with E-state index in [9.17, 15) is 5.11 Å². The lowest BCUT2D eigenvalue weighted by Gasteiger charge is -2.33. The lowest BCUT2D eigenvalue weighted by Crippen LogP contribution is -2.42. The van der Waals surface area contributed by atoms with E-state index in [1.54, 1.807) is 0 Å². The maximum atomic E-state index is 9.67. The molecule has 2 rings (SSSR count). The van der Waals surface area contributed by atoms with Crippen LogP contribution >= 0.6 is 0 Å². The van der Waals surface area contributed by atoms with Crippen molar-refractivity contribution in [3.63, 3.8) is 0 Å². The Bertz CT molecular complexity index is 276. The van der Waals surface area contributed by atoms with Crippen LogP contribution in [0.1, 0.15) is 19.2 Å². The third-order valence-electron chi connectivity index (χ3n) is 2.77. The van der Waals surface area contributed by atoms with Gasteiger partial charge in [-0.05, 0) is 18.9 Å². The fourth-order valence-electron chi connectivity index (χ4n) is 1.71. The van der Waals surface area contributed by atoms with Crippen molar-refractivity contribution in [1.29, 1.82) is 0 Å². The topological polar surface area (TPSA) is 62.4 Å². The fraction of sp³-hybridized carbons (Fsp3) is 0.778. The molecule has 0 spiro atoms. The Morgan fingerprint density at radius 1 is 1.71 bits per heavy atom. The molecule has 5 heteroatoms. The number of aromatic nitrogens is 2. The van der Waals surface area contributed by atoms with Crippen LogP contribution in [-0.4, -0.2) is 39.3 Å². The summed E-state index contributed by atoms with van der Waals surface area (Å²) in [5.74, 6) is 1.01. The van der Waals surface area contributed by atoms with Crippen LogP contribution in [0, 0.1) is 5.92 Å². The highest BCUT2D eigenvalue weighted by molar-refractivity contribution is 4.81. The Morgan fingerprint density at radius 2 is 2.57 bits per heavy atom. The molecule has 14 heavy (non-hydrogen) atoms. The second-order valence-corrected chi connectivity index (χ2v) is 3.90. The Kier molecular flexibility index (Phi) is 2.79. The van der Waals surface area contributed by atoms with Gasteiger partial charge in [-0.1, -0.05) is 12.1 Å². The summed E-state index contributed by atoms with van der Waals surface area (Å²) in [7, 11) is 0. The molecule has 0 amide bonds. The number of hydrogen-bond donors (Lipinski definition) is 1. The molecule has 1 aliphatic rings. The normalized spacial score (nSPS) is 29.3. The van der Waals surface area contributed by atoms with E-state index < -0.39 is 0 Å². The number of hydrogen-bond acceptors (Lipinski definition) is 5. The number of aliphatic hydroxyl groups is 1. The van der Waals surface area contributed by atoms with E-state index in [0.29, 0.717) is 24.9 Å². The van der Waals surface area contributed by atoms with Gasteiger partial charge in [-0.2, -0.15) is 4.98 Å². The molecule has 1 N–H and O–H groups in total. The largest absolute Gasteiger partial charge is 0.392 e. The van der Waals surface area contributed by atoms with Crippen molar-refractivity contribution in [2.45, 2.75) is 26.0 Å². The highest BCUT2D eigenvalue weighted by Gasteiger charge is 2.24. The molecule has 1 aliphatic heterocycles. The molecule has 0 aromatic carbocycles. The van der Waals surface area contributed by atoms with E-state index in [2.05, 4.69) is 22.0 Å². The zero-order valence-corrected chi connectivity index (χ0v) is 8.26. The molecule has 78 valence electrons. The van der Waals surface area contributed by atoms with E-state index in [0.717, 1.165) is 13.0 Å². The molecule has 0 bridgehead atoms. The number of likely N-dealkylation sites (tertiary alicyclic amines) is 1. The van der Waals surface area contributed by atoms with Crippen molar-refractivity contribution >= 4 is 0 Å². The monoisotopic (exact) mass is 197 g/mol. The molecule has 0 aliphatic carbocycles. The molecule has 1 aromatic heterocycles. The molecular weight excluding hydrogens is 182 g/mol. The zero-order valence-electron chi connectivity index (χ0n) is 8.26. The van der Waals surface area contributed by atoms with Gasteiger partial charge in [0.25, 0.3) is 0 Å². The Balaban J connectivity index is 1.88. The first kappa shape index (κ1) is 9.61. The first-order chi connectivity index (χ1) is 6.75. The van der Waals surface area contributed by atoms with Crippen LogP contribution in [0.15, 0.2) is 10.9 Å². The number of β-amino-alcohol motifs (C(OH)–C–C–N with tert-alkyl or cyclic N) is 1. The highest BCUT2D eigenvalue weighted by atomic mass is 16.5. The summed E-state index contributed by atoms with van der Waals surface area (Å²) >= 11 is 0. The second-order valence-electron chi connectivity index (χ2n) is 3.90. The highest BCUT2D eigenvalue weighted by Crippen LogP contribution is 2.17. The second kappa shape index (κ2) is 4.06. The van der Waals surface area contributed by atoms with Gasteiger partial charge in [0.05, 0.1) is 12.6 Å².